The fourth-order valence-electron chi connectivity index (χ4n) is 1.02. The van der Waals surface area contributed by atoms with Crippen LogP contribution < -0.4 is 0 Å². The van der Waals surface area contributed by atoms with Gasteiger partial charge in [-0.15, -0.1) is 0 Å². The molecule has 0 radical (unpaired) electrons. The van der Waals surface area contributed by atoms with E-state index in [4.69, 9.17) is 5.11 Å². The number of allylic oxidation sites excluding steroid dienone is 2. The van der Waals surface area contributed by atoms with E-state index in [1.54, 1.807) is 0 Å². The van der Waals surface area contributed by atoms with Gasteiger partial charge in [0, 0.05) is 0 Å². The molecule has 1 unspecified atom stereocenters. The van der Waals surface area contributed by atoms with Crippen LogP contribution in [0.4, 0.5) is 0 Å². The second-order valence-corrected chi connectivity index (χ2v) is 2.32. The van der Waals surface area contributed by atoms with Crippen LogP contribution in [0.25, 0.3) is 0 Å². The van der Waals surface area contributed by atoms with Crippen molar-refractivity contribution in [2.24, 2.45) is 5.92 Å². The molecular formula is C7H11NaO2. The van der Waals surface area contributed by atoms with E-state index in [0.29, 0.717) is 0 Å². The number of carboxylic acids is 1. The Morgan fingerprint density at radius 1 is 1.50 bits per heavy atom. The summed E-state index contributed by atoms with van der Waals surface area (Å²) in [6.07, 6.45) is 6.44. The van der Waals surface area contributed by atoms with Crippen molar-refractivity contribution in [3.63, 3.8) is 0 Å². The fourth-order valence-corrected chi connectivity index (χ4v) is 1.02. The Morgan fingerprint density at radius 2 is 2.20 bits per heavy atom. The standard InChI is InChI=1S/C7H10O2.Na.H/c8-7(9)6-4-2-1-3-5-6;;/h1-2,6H,3-5H2,(H,8,9);;. The van der Waals surface area contributed by atoms with Gasteiger partial charge in [-0.3, -0.25) is 4.79 Å². The zero-order valence-corrected chi connectivity index (χ0v) is 5.21. The Bertz CT molecular complexity index is 143. The van der Waals surface area contributed by atoms with Gasteiger partial charge in [0.25, 0.3) is 0 Å². The first-order valence-corrected chi connectivity index (χ1v) is 3.18. The van der Waals surface area contributed by atoms with E-state index >= 15 is 0 Å². The summed E-state index contributed by atoms with van der Waals surface area (Å²) in [4.78, 5) is 10.3. The van der Waals surface area contributed by atoms with Crippen molar-refractivity contribution >= 4 is 35.5 Å². The van der Waals surface area contributed by atoms with E-state index in [9.17, 15) is 4.79 Å². The van der Waals surface area contributed by atoms with E-state index in [2.05, 4.69) is 0 Å². The van der Waals surface area contributed by atoms with Crippen molar-refractivity contribution in [1.82, 2.24) is 0 Å². The molecule has 0 aliphatic heterocycles. The molecule has 0 bridgehead atoms. The molecule has 10 heavy (non-hydrogen) atoms. The molecule has 1 rings (SSSR count). The number of rotatable bonds is 1. The SMILES string of the molecule is O=C(O)C1CC=CCC1.[NaH]. The number of hydrogen-bond acceptors (Lipinski definition) is 1. The number of carboxylic acid groups (broad SMARTS) is 1. The van der Waals surface area contributed by atoms with Crippen molar-refractivity contribution < 1.29 is 9.90 Å². The third-order valence-corrected chi connectivity index (χ3v) is 1.62. The van der Waals surface area contributed by atoms with Gasteiger partial charge in [-0.25, -0.2) is 0 Å². The molecule has 0 aromatic heterocycles. The summed E-state index contributed by atoms with van der Waals surface area (Å²) < 4.78 is 0. The van der Waals surface area contributed by atoms with Gasteiger partial charge >= 0.3 is 35.5 Å². The van der Waals surface area contributed by atoms with Crippen molar-refractivity contribution in [3.8, 4) is 0 Å². The number of aliphatic carboxylic acids is 1. The first-order chi connectivity index (χ1) is 4.30. The van der Waals surface area contributed by atoms with Crippen molar-refractivity contribution in [2.45, 2.75) is 19.3 Å². The second kappa shape index (κ2) is 4.94. The van der Waals surface area contributed by atoms with Crippen LogP contribution >= 0.6 is 0 Å². The molecule has 1 aliphatic carbocycles. The van der Waals surface area contributed by atoms with Crippen LogP contribution in [0.2, 0.25) is 0 Å². The molecule has 52 valence electrons. The minimum absolute atomic E-state index is 0. The first-order valence-electron chi connectivity index (χ1n) is 3.18. The molecule has 0 saturated carbocycles. The molecule has 0 aromatic carbocycles. The summed E-state index contributed by atoms with van der Waals surface area (Å²) in [5, 5.41) is 8.50. The van der Waals surface area contributed by atoms with Gasteiger partial charge in [-0.05, 0) is 19.3 Å². The average molecular weight is 150 g/mol. The third-order valence-electron chi connectivity index (χ3n) is 1.62. The monoisotopic (exact) mass is 150 g/mol. The molecule has 3 heteroatoms. The second-order valence-electron chi connectivity index (χ2n) is 2.32. The van der Waals surface area contributed by atoms with Gasteiger partial charge in [0.15, 0.2) is 0 Å². The van der Waals surface area contributed by atoms with E-state index in [1.807, 2.05) is 12.2 Å². The quantitative estimate of drug-likeness (QED) is 0.443. The molecular weight excluding hydrogens is 139 g/mol. The molecule has 1 atom stereocenters. The van der Waals surface area contributed by atoms with Gasteiger partial charge in [-0.1, -0.05) is 12.2 Å². The van der Waals surface area contributed by atoms with E-state index in [1.165, 1.54) is 0 Å². The zero-order chi connectivity index (χ0) is 6.69. The van der Waals surface area contributed by atoms with E-state index < -0.39 is 5.97 Å². The van der Waals surface area contributed by atoms with Crippen LogP contribution in [0.15, 0.2) is 12.2 Å². The Morgan fingerprint density at radius 3 is 2.50 bits per heavy atom. The average Bonchev–Trinajstić information content (AvgIpc) is 1.90. The summed E-state index contributed by atoms with van der Waals surface area (Å²) >= 11 is 0. The summed E-state index contributed by atoms with van der Waals surface area (Å²) in [5.74, 6) is -0.769. The van der Waals surface area contributed by atoms with Gasteiger partial charge in [0.05, 0.1) is 5.92 Å². The van der Waals surface area contributed by atoms with Crippen molar-refractivity contribution in [1.29, 1.82) is 0 Å². The van der Waals surface area contributed by atoms with Gasteiger partial charge in [-0.2, -0.15) is 0 Å². The van der Waals surface area contributed by atoms with E-state index in [0.717, 1.165) is 19.3 Å². The van der Waals surface area contributed by atoms with Crippen LogP contribution in [0.3, 0.4) is 0 Å². The maximum absolute atomic E-state index is 10.3. The topological polar surface area (TPSA) is 37.3 Å². The van der Waals surface area contributed by atoms with Crippen molar-refractivity contribution in [2.75, 3.05) is 0 Å². The molecule has 1 N–H and O–H groups in total. The Hall–Kier alpha value is 0.210. The predicted octanol–water partition coefficient (Wildman–Crippen LogP) is 0.779. The summed E-state index contributed by atoms with van der Waals surface area (Å²) in [5.41, 5.74) is 0. The van der Waals surface area contributed by atoms with Crippen LogP contribution in [0.5, 0.6) is 0 Å². The van der Waals surface area contributed by atoms with Crippen LogP contribution in [-0.4, -0.2) is 40.6 Å². The normalized spacial score (nSPS) is 23.4. The molecule has 0 aromatic rings. The Kier molecular flexibility index (Phi) is 5.04. The maximum atomic E-state index is 10.3. The number of carbonyl (C=O) groups is 1. The molecule has 0 saturated heterocycles. The first kappa shape index (κ1) is 10.2. The third kappa shape index (κ3) is 2.86. The van der Waals surface area contributed by atoms with Crippen LogP contribution in [-0.2, 0) is 4.79 Å². The molecule has 2 nitrogen and oxygen atoms in total. The van der Waals surface area contributed by atoms with E-state index in [-0.39, 0.29) is 35.5 Å². The Labute approximate surface area is 82.6 Å². The van der Waals surface area contributed by atoms with Crippen LogP contribution in [0, 0.1) is 5.92 Å². The van der Waals surface area contributed by atoms with Gasteiger partial charge in [0.2, 0.25) is 0 Å². The zero-order valence-electron chi connectivity index (χ0n) is 5.21. The summed E-state index contributed by atoms with van der Waals surface area (Å²) in [6, 6.07) is 0. The fraction of sp³-hybridized carbons (Fsp3) is 0.571. The molecule has 1 aliphatic rings. The van der Waals surface area contributed by atoms with Crippen LogP contribution in [0.1, 0.15) is 19.3 Å². The molecule has 0 fully saturated rings. The number of hydrogen-bond donors (Lipinski definition) is 1. The van der Waals surface area contributed by atoms with Gasteiger partial charge < -0.3 is 5.11 Å². The molecule has 0 spiro atoms. The minimum atomic E-state index is -0.653. The summed E-state index contributed by atoms with van der Waals surface area (Å²) in [6.45, 7) is 0. The molecule has 0 heterocycles. The summed E-state index contributed by atoms with van der Waals surface area (Å²) in [7, 11) is 0. The van der Waals surface area contributed by atoms with Crippen molar-refractivity contribution in [3.05, 3.63) is 12.2 Å². The molecule has 0 amide bonds. The predicted molar refractivity (Wildman–Crippen MR) is 41.3 cm³/mol. The van der Waals surface area contributed by atoms with Gasteiger partial charge in [0.1, 0.15) is 0 Å². The Balaban J connectivity index is 0.000000810.